The first-order valence-corrected chi connectivity index (χ1v) is 8.47. The van der Waals surface area contributed by atoms with Crippen LogP contribution in [0.25, 0.3) is 10.2 Å². The van der Waals surface area contributed by atoms with Gasteiger partial charge in [0.2, 0.25) is 11.8 Å². The zero-order valence-electron chi connectivity index (χ0n) is 13.9. The number of hydrogen-bond acceptors (Lipinski definition) is 7. The molecule has 1 aromatic carbocycles. The summed E-state index contributed by atoms with van der Waals surface area (Å²) in [5.74, 6) is -0.660. The molecule has 144 valence electrons. The van der Waals surface area contributed by atoms with E-state index in [1.54, 1.807) is 17.4 Å². The molecule has 1 saturated heterocycles. The molecule has 0 atom stereocenters. The maximum Gasteiger partial charge on any atom is 0.243 e. The van der Waals surface area contributed by atoms with Crippen LogP contribution in [0.4, 0.5) is 10.8 Å². The third-order valence-corrected chi connectivity index (χ3v) is 4.65. The Labute approximate surface area is 167 Å². The average Bonchev–Trinajstić information content (AvgIpc) is 3.03. The molecule has 0 saturated carbocycles. The molecular formula is C15H21Cl2N5O3S. The Morgan fingerprint density at radius 2 is 1.96 bits per heavy atom. The van der Waals surface area contributed by atoms with E-state index in [4.69, 9.17) is 10.5 Å². The second-order valence-electron chi connectivity index (χ2n) is 5.31. The molecule has 8 nitrogen and oxygen atoms in total. The minimum atomic E-state index is -0.363. The standard InChI is InChI=1S/C15H19N5O3S.2ClH/c16-8-13(21)17-9-14(22)18-10-1-2-11-12(7-10)24-15(19-11)20-3-5-23-6-4-20;;/h1-2,7H,3-6,8-9,16H2,(H,17,21)(H,18,22);2*1H. The first-order valence-electron chi connectivity index (χ1n) is 7.65. The lowest BCUT2D eigenvalue weighted by molar-refractivity contribution is -0.123. The number of carbonyl (C=O) groups is 2. The Bertz CT molecular complexity index is 752. The molecule has 1 fully saturated rings. The van der Waals surface area contributed by atoms with Crippen molar-refractivity contribution in [3.8, 4) is 0 Å². The topological polar surface area (TPSA) is 110 Å². The fraction of sp³-hybridized carbons (Fsp3) is 0.400. The van der Waals surface area contributed by atoms with Gasteiger partial charge in [0.05, 0.1) is 36.5 Å². The van der Waals surface area contributed by atoms with Gasteiger partial charge in [0, 0.05) is 18.8 Å². The lowest BCUT2D eigenvalue weighted by Gasteiger charge is -2.25. The van der Waals surface area contributed by atoms with E-state index < -0.39 is 0 Å². The van der Waals surface area contributed by atoms with Crippen molar-refractivity contribution < 1.29 is 14.3 Å². The molecule has 0 unspecified atom stereocenters. The van der Waals surface area contributed by atoms with Gasteiger partial charge in [0.1, 0.15) is 0 Å². The molecule has 26 heavy (non-hydrogen) atoms. The Morgan fingerprint density at radius 1 is 1.23 bits per heavy atom. The zero-order chi connectivity index (χ0) is 16.9. The first kappa shape index (κ1) is 22.4. The summed E-state index contributed by atoms with van der Waals surface area (Å²) < 4.78 is 6.36. The number of anilines is 2. The number of nitrogens with two attached hydrogens (primary N) is 1. The molecule has 1 aromatic heterocycles. The quantitative estimate of drug-likeness (QED) is 0.663. The van der Waals surface area contributed by atoms with Gasteiger partial charge in [-0.2, -0.15) is 0 Å². The van der Waals surface area contributed by atoms with Crippen LogP contribution in [0.3, 0.4) is 0 Å². The van der Waals surface area contributed by atoms with Crippen molar-refractivity contribution in [3.63, 3.8) is 0 Å². The summed E-state index contributed by atoms with van der Waals surface area (Å²) >= 11 is 1.59. The summed E-state index contributed by atoms with van der Waals surface area (Å²) in [4.78, 5) is 29.7. The van der Waals surface area contributed by atoms with Gasteiger partial charge in [-0.25, -0.2) is 4.98 Å². The highest BCUT2D eigenvalue weighted by Gasteiger charge is 2.15. The number of rotatable bonds is 5. The minimum Gasteiger partial charge on any atom is -0.378 e. The molecular weight excluding hydrogens is 401 g/mol. The predicted molar refractivity (Wildman–Crippen MR) is 108 cm³/mol. The highest BCUT2D eigenvalue weighted by atomic mass is 35.5. The molecule has 2 aromatic rings. The van der Waals surface area contributed by atoms with Crippen LogP contribution in [0.5, 0.6) is 0 Å². The summed E-state index contributed by atoms with van der Waals surface area (Å²) in [5.41, 5.74) is 6.75. The normalized spacial score (nSPS) is 13.5. The van der Waals surface area contributed by atoms with Crippen LogP contribution in [0.15, 0.2) is 18.2 Å². The molecule has 1 aliphatic rings. The lowest BCUT2D eigenvalue weighted by Crippen LogP contribution is -2.36. The van der Waals surface area contributed by atoms with Gasteiger partial charge < -0.3 is 26.0 Å². The van der Waals surface area contributed by atoms with Crippen LogP contribution >= 0.6 is 36.2 Å². The third-order valence-electron chi connectivity index (χ3n) is 3.57. The van der Waals surface area contributed by atoms with E-state index >= 15 is 0 Å². The Balaban J connectivity index is 0.00000169. The second kappa shape index (κ2) is 10.5. The van der Waals surface area contributed by atoms with Crippen molar-refractivity contribution in [3.05, 3.63) is 18.2 Å². The number of amides is 2. The Kier molecular flexibility index (Phi) is 9.03. The van der Waals surface area contributed by atoms with Crippen molar-refractivity contribution in [2.24, 2.45) is 5.73 Å². The second-order valence-corrected chi connectivity index (χ2v) is 6.32. The van der Waals surface area contributed by atoms with Gasteiger partial charge in [-0.15, -0.1) is 24.8 Å². The molecule has 1 aliphatic heterocycles. The van der Waals surface area contributed by atoms with Gasteiger partial charge in [0.15, 0.2) is 5.13 Å². The van der Waals surface area contributed by atoms with Gasteiger partial charge in [-0.05, 0) is 18.2 Å². The van der Waals surface area contributed by atoms with E-state index in [0.717, 1.165) is 28.4 Å². The molecule has 3 rings (SSSR count). The molecule has 2 heterocycles. The summed E-state index contributed by atoms with van der Waals surface area (Å²) in [6, 6.07) is 5.57. The number of hydrogen-bond donors (Lipinski definition) is 3. The van der Waals surface area contributed by atoms with Crippen molar-refractivity contribution in [1.82, 2.24) is 10.3 Å². The maximum absolute atomic E-state index is 11.8. The number of aromatic nitrogens is 1. The number of ether oxygens (including phenoxy) is 1. The Hall–Kier alpha value is -1.65. The number of morpholine rings is 1. The predicted octanol–water partition coefficient (Wildman–Crippen LogP) is 0.990. The molecule has 0 bridgehead atoms. The van der Waals surface area contributed by atoms with Crippen LogP contribution in [0.1, 0.15) is 0 Å². The van der Waals surface area contributed by atoms with Gasteiger partial charge in [-0.1, -0.05) is 11.3 Å². The zero-order valence-corrected chi connectivity index (χ0v) is 16.3. The average molecular weight is 422 g/mol. The Morgan fingerprint density at radius 3 is 2.65 bits per heavy atom. The van der Waals surface area contributed by atoms with Crippen LogP contribution in [0.2, 0.25) is 0 Å². The van der Waals surface area contributed by atoms with E-state index in [2.05, 4.69) is 20.5 Å². The number of thiazole rings is 1. The van der Waals surface area contributed by atoms with E-state index in [0.29, 0.717) is 18.9 Å². The number of halogens is 2. The third kappa shape index (κ3) is 5.68. The van der Waals surface area contributed by atoms with E-state index in [-0.39, 0.29) is 49.7 Å². The highest BCUT2D eigenvalue weighted by Crippen LogP contribution is 2.31. The fourth-order valence-electron chi connectivity index (χ4n) is 2.34. The number of fused-ring (bicyclic) bond motifs is 1. The molecule has 0 radical (unpaired) electrons. The highest BCUT2D eigenvalue weighted by molar-refractivity contribution is 7.22. The van der Waals surface area contributed by atoms with Crippen molar-refractivity contribution in [2.75, 3.05) is 49.6 Å². The monoisotopic (exact) mass is 421 g/mol. The summed E-state index contributed by atoms with van der Waals surface area (Å²) in [7, 11) is 0. The number of nitrogens with one attached hydrogen (secondary N) is 2. The smallest absolute Gasteiger partial charge is 0.243 e. The van der Waals surface area contributed by atoms with Crippen molar-refractivity contribution in [1.29, 1.82) is 0 Å². The summed E-state index contributed by atoms with van der Waals surface area (Å²) in [5, 5.41) is 6.15. The largest absolute Gasteiger partial charge is 0.378 e. The molecule has 0 aliphatic carbocycles. The maximum atomic E-state index is 11.8. The molecule has 4 N–H and O–H groups in total. The van der Waals surface area contributed by atoms with Crippen molar-refractivity contribution in [2.45, 2.75) is 0 Å². The summed E-state index contributed by atoms with van der Waals surface area (Å²) in [6.07, 6.45) is 0. The number of carbonyl (C=O) groups excluding carboxylic acids is 2. The molecule has 0 spiro atoms. The van der Waals surface area contributed by atoms with Crippen LogP contribution in [-0.4, -0.2) is 56.2 Å². The number of nitrogens with zero attached hydrogens (tertiary/aromatic N) is 2. The van der Waals surface area contributed by atoms with E-state index in [1.165, 1.54) is 0 Å². The van der Waals surface area contributed by atoms with Gasteiger partial charge >= 0.3 is 0 Å². The van der Waals surface area contributed by atoms with Gasteiger partial charge in [0.25, 0.3) is 0 Å². The van der Waals surface area contributed by atoms with Crippen LogP contribution in [-0.2, 0) is 14.3 Å². The molecule has 11 heteroatoms. The van der Waals surface area contributed by atoms with Crippen molar-refractivity contribution >= 4 is 69.0 Å². The first-order chi connectivity index (χ1) is 11.7. The van der Waals surface area contributed by atoms with Gasteiger partial charge in [-0.3, -0.25) is 9.59 Å². The summed E-state index contributed by atoms with van der Waals surface area (Å²) in [6.45, 7) is 2.87. The minimum absolute atomic E-state index is 0. The van der Waals surface area contributed by atoms with Crippen LogP contribution < -0.4 is 21.3 Å². The lowest BCUT2D eigenvalue weighted by atomic mass is 10.3. The SMILES string of the molecule is Cl.Cl.NCC(=O)NCC(=O)Nc1ccc2nc(N3CCOCC3)sc2c1. The fourth-order valence-corrected chi connectivity index (χ4v) is 3.39. The number of benzene rings is 1. The van der Waals surface area contributed by atoms with E-state index in [9.17, 15) is 9.59 Å². The van der Waals surface area contributed by atoms with Crippen LogP contribution in [0, 0.1) is 0 Å². The van der Waals surface area contributed by atoms with E-state index in [1.807, 2.05) is 12.1 Å². The molecule has 2 amide bonds.